The van der Waals surface area contributed by atoms with Crippen LogP contribution in [0.2, 0.25) is 5.02 Å². The van der Waals surface area contributed by atoms with Gasteiger partial charge in [0.25, 0.3) is 5.91 Å². The van der Waals surface area contributed by atoms with Gasteiger partial charge < -0.3 is 14.8 Å². The van der Waals surface area contributed by atoms with Gasteiger partial charge in [0.2, 0.25) is 11.8 Å². The Labute approximate surface area is 165 Å². The standard InChI is InChI=1S/C18H19BrClN3O3/c1-25-16-9-21-10-17(23-16)26-13-5-3-12(4-6-13)22-18(24)14-8-11(19)2-7-15(14)20/h2,7-10,12-13H,3-6H2,1H3,(H,22,24). The third-order valence-corrected chi connectivity index (χ3v) is 5.09. The van der Waals surface area contributed by atoms with Crippen LogP contribution < -0.4 is 14.8 Å². The number of rotatable bonds is 5. The zero-order chi connectivity index (χ0) is 18.5. The normalized spacial score (nSPS) is 19.7. The van der Waals surface area contributed by atoms with Gasteiger partial charge in [-0.15, -0.1) is 0 Å². The summed E-state index contributed by atoms with van der Waals surface area (Å²) in [5, 5.41) is 3.50. The number of aromatic nitrogens is 2. The van der Waals surface area contributed by atoms with Crippen molar-refractivity contribution in [3.05, 3.63) is 45.7 Å². The van der Waals surface area contributed by atoms with E-state index in [0.29, 0.717) is 22.3 Å². The molecule has 0 radical (unpaired) electrons. The summed E-state index contributed by atoms with van der Waals surface area (Å²) in [6, 6.07) is 5.35. The lowest BCUT2D eigenvalue weighted by Gasteiger charge is -2.29. The van der Waals surface area contributed by atoms with Crippen molar-refractivity contribution in [1.82, 2.24) is 15.3 Å². The predicted octanol–water partition coefficient (Wildman–Crippen LogP) is 4.02. The van der Waals surface area contributed by atoms with Crippen molar-refractivity contribution < 1.29 is 14.3 Å². The Hall–Kier alpha value is -1.86. The Morgan fingerprint density at radius 3 is 2.69 bits per heavy atom. The minimum Gasteiger partial charge on any atom is -0.480 e. The monoisotopic (exact) mass is 439 g/mol. The minimum absolute atomic E-state index is 0.0546. The van der Waals surface area contributed by atoms with Crippen molar-refractivity contribution in [2.75, 3.05) is 7.11 Å². The molecule has 0 unspecified atom stereocenters. The molecule has 0 spiro atoms. The Morgan fingerprint density at radius 1 is 1.23 bits per heavy atom. The molecule has 1 N–H and O–H groups in total. The highest BCUT2D eigenvalue weighted by atomic mass is 79.9. The average Bonchev–Trinajstić information content (AvgIpc) is 2.65. The first kappa shape index (κ1) is 18.9. The second-order valence-corrected chi connectivity index (χ2v) is 7.41. The van der Waals surface area contributed by atoms with E-state index >= 15 is 0 Å². The zero-order valence-corrected chi connectivity index (χ0v) is 16.6. The van der Waals surface area contributed by atoms with Gasteiger partial charge in [-0.1, -0.05) is 27.5 Å². The van der Waals surface area contributed by atoms with Gasteiger partial charge in [0, 0.05) is 10.5 Å². The maximum atomic E-state index is 12.4. The molecule has 1 amide bonds. The van der Waals surface area contributed by atoms with Crippen molar-refractivity contribution in [2.24, 2.45) is 0 Å². The molecule has 6 nitrogen and oxygen atoms in total. The maximum Gasteiger partial charge on any atom is 0.253 e. The zero-order valence-electron chi connectivity index (χ0n) is 14.2. The molecule has 8 heteroatoms. The number of halogens is 2. The Morgan fingerprint density at radius 2 is 1.96 bits per heavy atom. The highest BCUT2D eigenvalue weighted by Crippen LogP contribution is 2.25. The third kappa shape index (κ3) is 4.86. The summed E-state index contributed by atoms with van der Waals surface area (Å²) < 4.78 is 11.7. The number of hydrogen-bond acceptors (Lipinski definition) is 5. The van der Waals surface area contributed by atoms with Gasteiger partial charge in [-0.2, -0.15) is 4.98 Å². The number of nitrogens with zero attached hydrogens (tertiary/aromatic N) is 2. The predicted molar refractivity (Wildman–Crippen MR) is 102 cm³/mol. The number of ether oxygens (including phenoxy) is 2. The Bertz CT molecular complexity index is 782. The van der Waals surface area contributed by atoms with E-state index in [1.807, 2.05) is 6.07 Å². The number of benzene rings is 1. The fourth-order valence-electron chi connectivity index (χ4n) is 2.92. The molecular weight excluding hydrogens is 422 g/mol. The molecule has 0 atom stereocenters. The van der Waals surface area contributed by atoms with Crippen molar-refractivity contribution in [1.29, 1.82) is 0 Å². The molecule has 3 rings (SSSR count). The second-order valence-electron chi connectivity index (χ2n) is 6.09. The first-order valence-electron chi connectivity index (χ1n) is 8.33. The van der Waals surface area contributed by atoms with Crippen molar-refractivity contribution >= 4 is 33.4 Å². The van der Waals surface area contributed by atoms with Crippen LogP contribution in [0.25, 0.3) is 0 Å². The first-order chi connectivity index (χ1) is 12.5. The summed E-state index contributed by atoms with van der Waals surface area (Å²) in [6.45, 7) is 0. The number of hydrogen-bond donors (Lipinski definition) is 1. The number of nitrogens with one attached hydrogen (secondary N) is 1. The van der Waals surface area contributed by atoms with E-state index in [1.165, 1.54) is 6.20 Å². The highest BCUT2D eigenvalue weighted by Gasteiger charge is 2.25. The smallest absolute Gasteiger partial charge is 0.253 e. The molecular formula is C18H19BrClN3O3. The Kier molecular flexibility index (Phi) is 6.32. The quantitative estimate of drug-likeness (QED) is 0.760. The maximum absolute atomic E-state index is 12.4. The molecule has 1 aromatic heterocycles. The SMILES string of the molecule is COc1cncc(OC2CCC(NC(=O)c3cc(Br)ccc3Cl)CC2)n1. The van der Waals surface area contributed by atoms with E-state index < -0.39 is 0 Å². The van der Waals surface area contributed by atoms with Crippen LogP contribution in [0.5, 0.6) is 11.8 Å². The van der Waals surface area contributed by atoms with E-state index in [4.69, 9.17) is 21.1 Å². The van der Waals surface area contributed by atoms with Gasteiger partial charge in [-0.3, -0.25) is 9.78 Å². The number of carbonyl (C=O) groups is 1. The fourth-order valence-corrected chi connectivity index (χ4v) is 3.48. The van der Waals surface area contributed by atoms with Crippen LogP contribution in [0.3, 0.4) is 0 Å². The molecule has 0 bridgehead atoms. The minimum atomic E-state index is -0.153. The van der Waals surface area contributed by atoms with Crippen LogP contribution in [0.4, 0.5) is 0 Å². The summed E-state index contributed by atoms with van der Waals surface area (Å²) in [5.41, 5.74) is 0.478. The van der Waals surface area contributed by atoms with Gasteiger partial charge >= 0.3 is 0 Å². The number of carbonyl (C=O) groups excluding carboxylic acids is 1. The van der Waals surface area contributed by atoms with Crippen LogP contribution in [-0.4, -0.2) is 35.1 Å². The summed E-state index contributed by atoms with van der Waals surface area (Å²) in [7, 11) is 1.54. The number of methoxy groups -OCH3 is 1. The number of amides is 1. The highest BCUT2D eigenvalue weighted by molar-refractivity contribution is 9.10. The van der Waals surface area contributed by atoms with Crippen LogP contribution >= 0.6 is 27.5 Å². The van der Waals surface area contributed by atoms with E-state index in [9.17, 15) is 4.79 Å². The lowest BCUT2D eigenvalue weighted by molar-refractivity contribution is 0.0889. The van der Waals surface area contributed by atoms with Gasteiger partial charge in [0.1, 0.15) is 6.10 Å². The van der Waals surface area contributed by atoms with Gasteiger partial charge in [-0.25, -0.2) is 0 Å². The fraction of sp³-hybridized carbons (Fsp3) is 0.389. The summed E-state index contributed by atoms with van der Waals surface area (Å²) in [5.74, 6) is 0.728. The van der Waals surface area contributed by atoms with Crippen LogP contribution in [0.1, 0.15) is 36.0 Å². The summed E-state index contributed by atoms with van der Waals surface area (Å²) in [4.78, 5) is 20.7. The van der Waals surface area contributed by atoms with Crippen LogP contribution in [0, 0.1) is 0 Å². The van der Waals surface area contributed by atoms with Gasteiger partial charge in [0.15, 0.2) is 0 Å². The van der Waals surface area contributed by atoms with Crippen LogP contribution in [0.15, 0.2) is 35.1 Å². The first-order valence-corrected chi connectivity index (χ1v) is 9.51. The van der Waals surface area contributed by atoms with Crippen molar-refractivity contribution in [2.45, 2.75) is 37.8 Å². The third-order valence-electron chi connectivity index (χ3n) is 4.27. The molecule has 1 aliphatic rings. The Balaban J connectivity index is 1.52. The lowest BCUT2D eigenvalue weighted by Crippen LogP contribution is -2.39. The average molecular weight is 441 g/mol. The van der Waals surface area contributed by atoms with E-state index in [-0.39, 0.29) is 18.1 Å². The van der Waals surface area contributed by atoms with Crippen LogP contribution in [-0.2, 0) is 0 Å². The molecule has 1 saturated carbocycles. The van der Waals surface area contributed by atoms with Crippen molar-refractivity contribution in [3.8, 4) is 11.8 Å². The summed E-state index contributed by atoms with van der Waals surface area (Å²) in [6.07, 6.45) is 6.49. The van der Waals surface area contributed by atoms with Gasteiger partial charge in [0.05, 0.1) is 30.1 Å². The molecule has 0 aliphatic heterocycles. The second kappa shape index (κ2) is 8.68. The molecule has 1 aliphatic carbocycles. The molecule has 26 heavy (non-hydrogen) atoms. The van der Waals surface area contributed by atoms with Gasteiger partial charge in [-0.05, 0) is 43.9 Å². The molecule has 1 heterocycles. The largest absolute Gasteiger partial charge is 0.480 e. The molecule has 138 valence electrons. The van der Waals surface area contributed by atoms with E-state index in [1.54, 1.807) is 25.4 Å². The summed E-state index contributed by atoms with van der Waals surface area (Å²) >= 11 is 9.49. The van der Waals surface area contributed by atoms with Crippen molar-refractivity contribution in [3.63, 3.8) is 0 Å². The molecule has 1 aromatic carbocycles. The molecule has 0 saturated heterocycles. The van der Waals surface area contributed by atoms with E-state index in [0.717, 1.165) is 30.2 Å². The lowest BCUT2D eigenvalue weighted by atomic mass is 9.92. The molecule has 2 aromatic rings. The topological polar surface area (TPSA) is 73.3 Å². The van der Waals surface area contributed by atoms with E-state index in [2.05, 4.69) is 31.2 Å². The molecule has 1 fully saturated rings.